The Bertz CT molecular complexity index is 226. The minimum Gasteiger partial charge on any atom is -0.0830 e. The van der Waals surface area contributed by atoms with Crippen LogP contribution in [0.2, 0.25) is 0 Å². The molecule has 0 aromatic rings. The van der Waals surface area contributed by atoms with Gasteiger partial charge < -0.3 is 0 Å². The lowest BCUT2D eigenvalue weighted by Crippen LogP contribution is -2.03. The first-order chi connectivity index (χ1) is 9.04. The molecular weight excluding hydrogens is 240 g/mol. The maximum Gasteiger partial charge on any atom is 1.00 e. The fourth-order valence-electron chi connectivity index (χ4n) is 2.99. The predicted octanol–water partition coefficient (Wildman–Crippen LogP) is 7.46. The van der Waals surface area contributed by atoms with Crippen LogP contribution in [-0.2, 0) is 0 Å². The SMILES string of the molecule is C/C(=C\C(C)C)CC(C)C.CC(C)CC(C)CC(C)C.[H+]. The molecule has 0 aliphatic heterocycles. The summed E-state index contributed by atoms with van der Waals surface area (Å²) in [6.07, 6.45) is 6.37. The van der Waals surface area contributed by atoms with Crippen molar-refractivity contribution in [3.05, 3.63) is 11.6 Å². The summed E-state index contributed by atoms with van der Waals surface area (Å²) in [4.78, 5) is 0. The van der Waals surface area contributed by atoms with E-state index < -0.39 is 0 Å². The third-order valence-corrected chi connectivity index (χ3v) is 3.10. The minimum absolute atomic E-state index is 0. The third-order valence-electron chi connectivity index (χ3n) is 3.10. The van der Waals surface area contributed by atoms with Crippen molar-refractivity contribution < 1.29 is 1.43 Å². The van der Waals surface area contributed by atoms with Gasteiger partial charge in [-0.25, -0.2) is 0 Å². The van der Waals surface area contributed by atoms with Crippen LogP contribution < -0.4 is 0 Å². The molecule has 0 aromatic heterocycles. The molecule has 0 atom stereocenters. The van der Waals surface area contributed by atoms with Gasteiger partial charge in [0.1, 0.15) is 0 Å². The predicted molar refractivity (Wildman–Crippen MR) is 97.2 cm³/mol. The lowest BCUT2D eigenvalue weighted by Gasteiger charge is -2.15. The molecule has 0 spiro atoms. The Labute approximate surface area is 131 Å². The quantitative estimate of drug-likeness (QED) is 0.425. The Morgan fingerprint density at radius 1 is 0.750 bits per heavy atom. The molecule has 0 heteroatoms. The first-order valence-electron chi connectivity index (χ1n) is 8.71. The van der Waals surface area contributed by atoms with E-state index in [4.69, 9.17) is 0 Å². The van der Waals surface area contributed by atoms with Crippen molar-refractivity contribution in [1.29, 1.82) is 0 Å². The van der Waals surface area contributed by atoms with Gasteiger partial charge in [-0.2, -0.15) is 0 Å². The third kappa shape index (κ3) is 20.1. The molecule has 0 fully saturated rings. The van der Waals surface area contributed by atoms with Crippen molar-refractivity contribution in [1.82, 2.24) is 0 Å². The molecule has 0 saturated heterocycles. The van der Waals surface area contributed by atoms with Crippen LogP contribution in [0.1, 0.15) is 89.9 Å². The highest BCUT2D eigenvalue weighted by Gasteiger charge is 2.06. The van der Waals surface area contributed by atoms with Gasteiger partial charge in [0.2, 0.25) is 0 Å². The fourth-order valence-corrected chi connectivity index (χ4v) is 2.99. The largest absolute Gasteiger partial charge is 1.00 e. The first kappa shape index (κ1) is 22.0. The van der Waals surface area contributed by atoms with Crippen LogP contribution in [0.5, 0.6) is 0 Å². The monoisotopic (exact) mass is 283 g/mol. The van der Waals surface area contributed by atoms with Crippen molar-refractivity contribution in [2.24, 2.45) is 29.6 Å². The Balaban J connectivity index is -0.000000295. The van der Waals surface area contributed by atoms with Crippen LogP contribution in [0.3, 0.4) is 0 Å². The molecule has 0 radical (unpaired) electrons. The van der Waals surface area contributed by atoms with Gasteiger partial charge in [0.25, 0.3) is 0 Å². The van der Waals surface area contributed by atoms with Crippen molar-refractivity contribution in [3.63, 3.8) is 0 Å². The molecule has 20 heavy (non-hydrogen) atoms. The summed E-state index contributed by atoms with van der Waals surface area (Å²) in [7, 11) is 0. The fraction of sp³-hybridized carbons (Fsp3) is 0.900. The van der Waals surface area contributed by atoms with Gasteiger partial charge in [0.05, 0.1) is 0 Å². The Morgan fingerprint density at radius 2 is 1.15 bits per heavy atom. The van der Waals surface area contributed by atoms with Crippen LogP contribution >= 0.6 is 0 Å². The molecule has 122 valence electrons. The van der Waals surface area contributed by atoms with Crippen molar-refractivity contribution in [2.45, 2.75) is 88.5 Å². The maximum atomic E-state index is 2.36. The van der Waals surface area contributed by atoms with Gasteiger partial charge in [0, 0.05) is 0 Å². The van der Waals surface area contributed by atoms with E-state index in [1.54, 1.807) is 0 Å². The van der Waals surface area contributed by atoms with E-state index >= 15 is 0 Å². The summed E-state index contributed by atoms with van der Waals surface area (Å²) < 4.78 is 0. The van der Waals surface area contributed by atoms with E-state index in [2.05, 4.69) is 75.3 Å². The molecule has 0 aromatic carbocycles. The van der Waals surface area contributed by atoms with Gasteiger partial charge in [-0.3, -0.25) is 0 Å². The van der Waals surface area contributed by atoms with Gasteiger partial charge in [-0.1, -0.05) is 74.0 Å². The number of allylic oxidation sites excluding steroid dienone is 2. The average molecular weight is 284 g/mol. The van der Waals surface area contributed by atoms with Crippen LogP contribution in [0, 0.1) is 29.6 Å². The highest BCUT2D eigenvalue weighted by atomic mass is 14.1. The molecule has 0 heterocycles. The zero-order chi connectivity index (χ0) is 16.3. The van der Waals surface area contributed by atoms with Crippen LogP contribution in [-0.4, -0.2) is 0 Å². The van der Waals surface area contributed by atoms with Crippen molar-refractivity contribution in [3.8, 4) is 0 Å². The number of hydrogen-bond acceptors (Lipinski definition) is 0. The number of hydrogen-bond donors (Lipinski definition) is 0. The normalized spacial score (nSPS) is 12.7. The molecule has 0 aliphatic carbocycles. The van der Waals surface area contributed by atoms with E-state index in [9.17, 15) is 0 Å². The lowest BCUT2D eigenvalue weighted by molar-refractivity contribution is 0.368. The molecule has 0 rings (SSSR count). The van der Waals surface area contributed by atoms with E-state index in [0.29, 0.717) is 5.92 Å². The highest BCUT2D eigenvalue weighted by Crippen LogP contribution is 2.18. The van der Waals surface area contributed by atoms with Crippen LogP contribution in [0.15, 0.2) is 11.6 Å². The van der Waals surface area contributed by atoms with Gasteiger partial charge in [0.15, 0.2) is 0 Å². The molecule has 0 amide bonds. The second kappa shape index (κ2) is 12.5. The van der Waals surface area contributed by atoms with Crippen molar-refractivity contribution in [2.75, 3.05) is 0 Å². The van der Waals surface area contributed by atoms with E-state index in [1.807, 2.05) is 0 Å². The summed E-state index contributed by atoms with van der Waals surface area (Å²) in [5.41, 5.74) is 1.53. The molecule has 0 nitrogen and oxygen atoms in total. The Morgan fingerprint density at radius 3 is 1.40 bits per heavy atom. The molecular formula is C20H43+. The molecule has 0 aliphatic rings. The van der Waals surface area contributed by atoms with E-state index in [1.165, 1.54) is 24.8 Å². The zero-order valence-electron chi connectivity index (χ0n) is 17.1. The average Bonchev–Trinajstić information content (AvgIpc) is 2.11. The smallest absolute Gasteiger partial charge is 0.0830 e. The Hall–Kier alpha value is -0.260. The Kier molecular flexibility index (Phi) is 13.7. The molecule has 0 N–H and O–H groups in total. The summed E-state index contributed by atoms with van der Waals surface area (Å²) >= 11 is 0. The van der Waals surface area contributed by atoms with E-state index in [0.717, 1.165) is 23.7 Å². The second-order valence-electron chi connectivity index (χ2n) is 8.22. The topological polar surface area (TPSA) is 0 Å². The summed E-state index contributed by atoms with van der Waals surface area (Å²) in [5.74, 6) is 4.16. The summed E-state index contributed by atoms with van der Waals surface area (Å²) in [6, 6.07) is 0. The highest BCUT2D eigenvalue weighted by molar-refractivity contribution is 4.99. The number of rotatable bonds is 7. The summed E-state index contributed by atoms with van der Waals surface area (Å²) in [5, 5.41) is 0. The molecule has 0 saturated carbocycles. The van der Waals surface area contributed by atoms with Crippen LogP contribution in [0.25, 0.3) is 0 Å². The van der Waals surface area contributed by atoms with Crippen LogP contribution in [0.4, 0.5) is 0 Å². The minimum atomic E-state index is 0. The second-order valence-corrected chi connectivity index (χ2v) is 8.22. The van der Waals surface area contributed by atoms with Gasteiger partial charge in [-0.15, -0.1) is 0 Å². The standard InChI is InChI=1S/C10H22.C10H20/c2*1-8(2)6-10(5)7-9(3)4/h8-10H,6-7H2,1-5H3;6,8-9H,7H2,1-5H3/p+1/b;10-6+. The summed E-state index contributed by atoms with van der Waals surface area (Å²) in [6.45, 7) is 22.8. The maximum absolute atomic E-state index is 2.36. The van der Waals surface area contributed by atoms with E-state index in [-0.39, 0.29) is 1.43 Å². The van der Waals surface area contributed by atoms with Crippen molar-refractivity contribution >= 4 is 0 Å². The molecule has 0 unspecified atom stereocenters. The lowest BCUT2D eigenvalue weighted by atomic mass is 9.91. The van der Waals surface area contributed by atoms with Gasteiger partial charge in [-0.05, 0) is 55.8 Å². The first-order valence-corrected chi connectivity index (χ1v) is 8.71. The van der Waals surface area contributed by atoms with Gasteiger partial charge >= 0.3 is 1.43 Å². The molecule has 0 bridgehead atoms. The zero-order valence-corrected chi connectivity index (χ0v) is 16.1.